The summed E-state index contributed by atoms with van der Waals surface area (Å²) in [7, 11) is 0. The van der Waals surface area contributed by atoms with Crippen LogP contribution in [0.15, 0.2) is 42.5 Å². The molecule has 0 aliphatic heterocycles. The zero-order chi connectivity index (χ0) is 33.8. The van der Waals surface area contributed by atoms with Gasteiger partial charge in [0.1, 0.15) is 0 Å². The first-order valence-corrected chi connectivity index (χ1v) is 16.5. The van der Waals surface area contributed by atoms with Crippen molar-refractivity contribution in [1.82, 2.24) is 0 Å². The van der Waals surface area contributed by atoms with E-state index in [0.717, 1.165) is 29.9 Å². The van der Waals surface area contributed by atoms with Crippen molar-refractivity contribution in [2.45, 2.75) is 101 Å². The second kappa shape index (κ2) is 17.8. The van der Waals surface area contributed by atoms with Crippen LogP contribution in [0.1, 0.15) is 99.1 Å². The van der Waals surface area contributed by atoms with Crippen LogP contribution in [0.5, 0.6) is 0 Å². The smallest absolute Gasteiger partial charge is 0.323 e. The Morgan fingerprint density at radius 2 is 1.38 bits per heavy atom. The van der Waals surface area contributed by atoms with Crippen molar-refractivity contribution in [2.75, 3.05) is 28.6 Å². The number of rotatable bonds is 16. The number of aryl methyl sites for hydroxylation is 1. The molecule has 0 aromatic heterocycles. The number of nitrogens with one attached hydrogen (secondary N) is 2. The van der Waals surface area contributed by atoms with Gasteiger partial charge in [0.15, 0.2) is 0 Å². The first-order chi connectivity index (χ1) is 21.1. The van der Waals surface area contributed by atoms with Crippen LogP contribution in [0.25, 0.3) is 0 Å². The van der Waals surface area contributed by atoms with Crippen LogP contribution in [-0.2, 0) is 19.1 Å². The fraction of sp³-hybridized carbons (Fsp3) is 0.595. The molecule has 8 nitrogen and oxygen atoms in total. The van der Waals surface area contributed by atoms with Gasteiger partial charge in [0.2, 0.25) is 6.29 Å². The van der Waals surface area contributed by atoms with Gasteiger partial charge in [-0.2, -0.15) is 0 Å². The quantitative estimate of drug-likeness (QED) is 0.143. The predicted octanol–water partition coefficient (Wildman–Crippen LogP) is 9.00. The van der Waals surface area contributed by atoms with Crippen molar-refractivity contribution in [2.24, 2.45) is 29.6 Å². The second-order valence-electron chi connectivity index (χ2n) is 13.8. The lowest BCUT2D eigenvalue weighted by Gasteiger charge is -2.31. The average molecular weight is 624 g/mol. The summed E-state index contributed by atoms with van der Waals surface area (Å²) >= 11 is 0. The van der Waals surface area contributed by atoms with E-state index in [-0.39, 0.29) is 42.1 Å². The van der Waals surface area contributed by atoms with E-state index in [1.54, 1.807) is 0 Å². The summed E-state index contributed by atoms with van der Waals surface area (Å²) in [6.07, 6.45) is -0.149. The minimum atomic E-state index is -0.950. The summed E-state index contributed by atoms with van der Waals surface area (Å²) in [4.78, 5) is 41.3. The number of amides is 2. The van der Waals surface area contributed by atoms with Crippen molar-refractivity contribution >= 4 is 35.0 Å². The van der Waals surface area contributed by atoms with Gasteiger partial charge in [0, 0.05) is 24.7 Å². The Bertz CT molecular complexity index is 1230. The van der Waals surface area contributed by atoms with E-state index < -0.39 is 12.3 Å². The van der Waals surface area contributed by atoms with Crippen LogP contribution in [0.3, 0.4) is 0 Å². The Morgan fingerprint density at radius 1 is 0.778 bits per heavy atom. The van der Waals surface area contributed by atoms with E-state index in [0.29, 0.717) is 29.6 Å². The molecule has 2 aromatic rings. The van der Waals surface area contributed by atoms with Gasteiger partial charge in [0.25, 0.3) is 0 Å². The molecular formula is C37H57N3O5. The van der Waals surface area contributed by atoms with E-state index in [1.807, 2.05) is 90.9 Å². The normalized spacial score (nSPS) is 13.5. The Hall–Kier alpha value is -3.55. The SMILES string of the molecule is CC[C@@H](CC(=O)OC(OC(=O)[C@@H](C)C(C)C)C(C)C)c1ccc(N(CC(C)C)CC(C)C)c(NC(=O)Nc2ccc(C)cc2)c1. The highest BCUT2D eigenvalue weighted by molar-refractivity contribution is 6.02. The minimum absolute atomic E-state index is 0.118. The van der Waals surface area contributed by atoms with Crippen LogP contribution in [0.4, 0.5) is 21.9 Å². The molecule has 8 heteroatoms. The zero-order valence-corrected chi connectivity index (χ0v) is 29.4. The third-order valence-electron chi connectivity index (χ3n) is 7.86. The van der Waals surface area contributed by atoms with E-state index in [2.05, 4.69) is 43.2 Å². The fourth-order valence-electron chi connectivity index (χ4n) is 4.92. The molecule has 2 aromatic carbocycles. The van der Waals surface area contributed by atoms with E-state index in [1.165, 1.54) is 0 Å². The lowest BCUT2D eigenvalue weighted by Crippen LogP contribution is -2.33. The molecule has 0 saturated heterocycles. The van der Waals surface area contributed by atoms with Gasteiger partial charge in [-0.1, -0.05) is 93.0 Å². The molecule has 0 aliphatic carbocycles. The van der Waals surface area contributed by atoms with Crippen LogP contribution < -0.4 is 15.5 Å². The molecule has 2 amide bonds. The molecule has 0 bridgehead atoms. The summed E-state index contributed by atoms with van der Waals surface area (Å²) in [6.45, 7) is 23.9. The molecular weight excluding hydrogens is 566 g/mol. The number of carbonyl (C=O) groups is 3. The van der Waals surface area contributed by atoms with E-state index >= 15 is 0 Å². The van der Waals surface area contributed by atoms with Crippen molar-refractivity contribution in [3.8, 4) is 0 Å². The van der Waals surface area contributed by atoms with Crippen molar-refractivity contribution in [1.29, 1.82) is 0 Å². The molecule has 2 rings (SSSR count). The molecule has 0 aliphatic rings. The molecule has 250 valence electrons. The van der Waals surface area contributed by atoms with Gasteiger partial charge in [-0.05, 0) is 66.8 Å². The Labute approximate surface area is 271 Å². The van der Waals surface area contributed by atoms with Crippen LogP contribution >= 0.6 is 0 Å². The van der Waals surface area contributed by atoms with Gasteiger partial charge in [0.05, 0.1) is 23.7 Å². The second-order valence-corrected chi connectivity index (χ2v) is 13.8. The van der Waals surface area contributed by atoms with Gasteiger partial charge < -0.3 is 25.0 Å². The lowest BCUT2D eigenvalue weighted by atomic mass is 9.92. The van der Waals surface area contributed by atoms with E-state index in [9.17, 15) is 14.4 Å². The number of nitrogens with zero attached hydrogens (tertiary/aromatic N) is 1. The van der Waals surface area contributed by atoms with Crippen molar-refractivity contribution < 1.29 is 23.9 Å². The van der Waals surface area contributed by atoms with Crippen LogP contribution in [0.2, 0.25) is 0 Å². The van der Waals surface area contributed by atoms with Gasteiger partial charge in [-0.15, -0.1) is 0 Å². The van der Waals surface area contributed by atoms with Crippen LogP contribution in [-0.4, -0.2) is 37.3 Å². The van der Waals surface area contributed by atoms with Gasteiger partial charge in [-0.3, -0.25) is 9.59 Å². The number of esters is 2. The highest BCUT2D eigenvalue weighted by atomic mass is 16.7. The number of hydrogen-bond donors (Lipinski definition) is 2. The first kappa shape index (κ1) is 37.6. The topological polar surface area (TPSA) is 97.0 Å². The van der Waals surface area contributed by atoms with Crippen molar-refractivity contribution in [3.05, 3.63) is 53.6 Å². The fourth-order valence-corrected chi connectivity index (χ4v) is 4.92. The largest absolute Gasteiger partial charge is 0.425 e. The average Bonchev–Trinajstić information content (AvgIpc) is 2.95. The predicted molar refractivity (Wildman–Crippen MR) is 185 cm³/mol. The summed E-state index contributed by atoms with van der Waals surface area (Å²) in [6, 6.07) is 13.4. The van der Waals surface area contributed by atoms with E-state index in [4.69, 9.17) is 9.47 Å². The number of benzene rings is 2. The minimum Gasteiger partial charge on any atom is -0.425 e. The molecule has 0 heterocycles. The molecule has 3 atom stereocenters. The highest BCUT2D eigenvalue weighted by Crippen LogP contribution is 2.34. The molecule has 45 heavy (non-hydrogen) atoms. The monoisotopic (exact) mass is 623 g/mol. The summed E-state index contributed by atoms with van der Waals surface area (Å²) in [5, 5.41) is 6.03. The zero-order valence-electron chi connectivity index (χ0n) is 29.4. The van der Waals surface area contributed by atoms with Crippen LogP contribution in [0, 0.1) is 36.5 Å². The number of urea groups is 1. The molecule has 0 spiro atoms. The lowest BCUT2D eigenvalue weighted by molar-refractivity contribution is -0.199. The maximum absolute atomic E-state index is 13.2. The third kappa shape index (κ3) is 12.4. The number of ether oxygens (including phenoxy) is 2. The first-order valence-electron chi connectivity index (χ1n) is 16.5. The number of carbonyl (C=O) groups excluding carboxylic acids is 3. The van der Waals surface area contributed by atoms with Gasteiger partial charge in [-0.25, -0.2) is 4.79 Å². The maximum Gasteiger partial charge on any atom is 0.323 e. The highest BCUT2D eigenvalue weighted by Gasteiger charge is 2.28. The summed E-state index contributed by atoms with van der Waals surface area (Å²) in [5.74, 6) is -0.487. The Morgan fingerprint density at radius 3 is 1.89 bits per heavy atom. The standard InChI is InChI=1S/C37H57N3O5/c1-12-29(20-34(41)44-36(26(8)9)45-35(42)28(11)25(6)7)30-15-18-33(40(21-23(2)3)22-24(4)5)32(19-30)39-37(43)38-31-16-13-27(10)14-17-31/h13-19,23-26,28-29,36H,12,20-22H2,1-11H3,(H2,38,39,43)/t28-,29-,36?/m0/s1. The Kier molecular flexibility index (Phi) is 14.9. The van der Waals surface area contributed by atoms with Gasteiger partial charge >= 0.3 is 18.0 Å². The number of hydrogen-bond acceptors (Lipinski definition) is 6. The molecule has 2 N–H and O–H groups in total. The molecule has 1 unspecified atom stereocenters. The summed E-state index contributed by atoms with van der Waals surface area (Å²) < 4.78 is 11.3. The molecule has 0 radical (unpaired) electrons. The summed E-state index contributed by atoms with van der Waals surface area (Å²) in [5.41, 5.74) is 4.35. The number of anilines is 3. The Balaban J connectivity index is 2.35. The molecule has 0 saturated carbocycles. The molecule has 0 fully saturated rings. The third-order valence-corrected chi connectivity index (χ3v) is 7.86. The maximum atomic E-state index is 13.2. The van der Waals surface area contributed by atoms with Crippen molar-refractivity contribution in [3.63, 3.8) is 0 Å².